The molecule has 1 amide bonds. The van der Waals surface area contributed by atoms with Gasteiger partial charge in [0.05, 0.1) is 0 Å². The van der Waals surface area contributed by atoms with Gasteiger partial charge >= 0.3 is 0 Å². The fourth-order valence-corrected chi connectivity index (χ4v) is 2.00. The molecule has 0 saturated heterocycles. The van der Waals surface area contributed by atoms with Crippen LogP contribution in [-0.2, 0) is 0 Å². The van der Waals surface area contributed by atoms with Crippen LogP contribution in [0.4, 0.5) is 0 Å². The van der Waals surface area contributed by atoms with E-state index in [0.717, 1.165) is 12.0 Å². The molecule has 3 heteroatoms. The minimum atomic E-state index is 0.0502. The van der Waals surface area contributed by atoms with E-state index in [9.17, 15) is 4.79 Å². The number of amides is 1. The number of rotatable bonds is 2. The van der Waals surface area contributed by atoms with Crippen molar-refractivity contribution in [3.05, 3.63) is 35.4 Å². The first-order valence-corrected chi connectivity index (χ1v) is 5.93. The first-order chi connectivity index (χ1) is 6.66. The Balaban J connectivity index is 2.00. The van der Waals surface area contributed by atoms with Crippen LogP contribution in [0.3, 0.4) is 0 Å². The zero-order valence-corrected chi connectivity index (χ0v) is 10.1. The Hall–Kier alpha value is -0.580. The second kappa shape index (κ2) is 3.88. The van der Waals surface area contributed by atoms with Gasteiger partial charge in [-0.15, -0.1) is 0 Å². The average Bonchev–Trinajstić information content (AvgIpc) is 2.82. The SMILES string of the molecule is Cc1ccc(C(=O)NC2CC2I)cc1. The van der Waals surface area contributed by atoms with Crippen molar-refractivity contribution in [1.82, 2.24) is 5.32 Å². The van der Waals surface area contributed by atoms with Gasteiger partial charge in [0.1, 0.15) is 0 Å². The van der Waals surface area contributed by atoms with Gasteiger partial charge in [-0.05, 0) is 25.5 Å². The second-order valence-electron chi connectivity index (χ2n) is 3.70. The van der Waals surface area contributed by atoms with E-state index in [2.05, 4.69) is 27.9 Å². The summed E-state index contributed by atoms with van der Waals surface area (Å²) < 4.78 is 0.627. The molecule has 0 heterocycles. The van der Waals surface area contributed by atoms with Crippen molar-refractivity contribution < 1.29 is 4.79 Å². The molecular formula is C11H12INO. The molecule has 0 spiro atoms. The highest BCUT2D eigenvalue weighted by molar-refractivity contribution is 14.1. The molecular weight excluding hydrogens is 289 g/mol. The number of carbonyl (C=O) groups excluding carboxylic acids is 1. The smallest absolute Gasteiger partial charge is 0.251 e. The van der Waals surface area contributed by atoms with Crippen molar-refractivity contribution in [2.75, 3.05) is 0 Å². The van der Waals surface area contributed by atoms with Gasteiger partial charge in [0.15, 0.2) is 0 Å². The monoisotopic (exact) mass is 301 g/mol. The summed E-state index contributed by atoms with van der Waals surface area (Å²) >= 11 is 2.36. The van der Waals surface area contributed by atoms with Gasteiger partial charge in [-0.3, -0.25) is 4.79 Å². The summed E-state index contributed by atoms with van der Waals surface area (Å²) in [5.41, 5.74) is 1.94. The Bertz CT molecular complexity index is 347. The molecule has 0 aromatic heterocycles. The summed E-state index contributed by atoms with van der Waals surface area (Å²) in [6.45, 7) is 2.02. The molecule has 0 aliphatic heterocycles. The number of carbonyl (C=O) groups is 1. The second-order valence-corrected chi connectivity index (χ2v) is 5.30. The molecule has 14 heavy (non-hydrogen) atoms. The van der Waals surface area contributed by atoms with Gasteiger partial charge in [0.2, 0.25) is 0 Å². The first kappa shape index (κ1) is 9.96. The van der Waals surface area contributed by atoms with Crippen molar-refractivity contribution in [2.24, 2.45) is 0 Å². The van der Waals surface area contributed by atoms with Crippen LogP contribution in [0.15, 0.2) is 24.3 Å². The zero-order valence-electron chi connectivity index (χ0n) is 7.96. The Labute approximate surface area is 97.2 Å². The largest absolute Gasteiger partial charge is 0.348 e. The van der Waals surface area contributed by atoms with Gasteiger partial charge in [0.25, 0.3) is 5.91 Å². The maximum atomic E-state index is 11.6. The van der Waals surface area contributed by atoms with Crippen LogP contribution < -0.4 is 5.32 Å². The molecule has 1 aliphatic rings. The lowest BCUT2D eigenvalue weighted by molar-refractivity contribution is 0.0951. The van der Waals surface area contributed by atoms with E-state index in [1.807, 2.05) is 31.2 Å². The standard InChI is InChI=1S/C11H12INO/c1-7-2-4-8(5-3-7)11(14)13-10-6-9(10)12/h2-5,9-10H,6H2,1H3,(H,13,14). The van der Waals surface area contributed by atoms with Crippen molar-refractivity contribution in [3.8, 4) is 0 Å². The molecule has 1 aromatic rings. The lowest BCUT2D eigenvalue weighted by Crippen LogP contribution is -2.26. The fraction of sp³-hybridized carbons (Fsp3) is 0.364. The van der Waals surface area contributed by atoms with Crippen LogP contribution in [0, 0.1) is 6.92 Å². The van der Waals surface area contributed by atoms with Gasteiger partial charge in [-0.1, -0.05) is 40.3 Å². The van der Waals surface area contributed by atoms with E-state index in [1.165, 1.54) is 5.56 Å². The van der Waals surface area contributed by atoms with Crippen LogP contribution in [0.2, 0.25) is 0 Å². The summed E-state index contributed by atoms with van der Waals surface area (Å²) in [7, 11) is 0. The predicted octanol–water partition coefficient (Wildman–Crippen LogP) is 2.30. The van der Waals surface area contributed by atoms with Gasteiger partial charge in [-0.25, -0.2) is 0 Å². The van der Waals surface area contributed by atoms with Gasteiger partial charge in [0, 0.05) is 15.5 Å². The fourth-order valence-electron chi connectivity index (χ4n) is 1.27. The Morgan fingerprint density at radius 1 is 1.43 bits per heavy atom. The average molecular weight is 301 g/mol. The minimum absolute atomic E-state index is 0.0502. The van der Waals surface area contributed by atoms with Crippen LogP contribution >= 0.6 is 22.6 Å². The third-order valence-corrected chi connectivity index (χ3v) is 3.72. The molecule has 2 atom stereocenters. The van der Waals surface area contributed by atoms with Crippen LogP contribution in [0.1, 0.15) is 22.3 Å². The number of hydrogen-bond donors (Lipinski definition) is 1. The zero-order chi connectivity index (χ0) is 10.1. The molecule has 1 aromatic carbocycles. The van der Waals surface area contributed by atoms with Crippen LogP contribution in [0.25, 0.3) is 0 Å². The molecule has 0 radical (unpaired) electrons. The number of benzene rings is 1. The molecule has 74 valence electrons. The third kappa shape index (κ3) is 2.26. The number of halogens is 1. The Kier molecular flexibility index (Phi) is 2.76. The highest BCUT2D eigenvalue weighted by Crippen LogP contribution is 2.30. The molecule has 2 unspecified atom stereocenters. The number of alkyl halides is 1. The van der Waals surface area contributed by atoms with E-state index in [0.29, 0.717) is 9.97 Å². The predicted molar refractivity (Wildman–Crippen MR) is 64.9 cm³/mol. The number of aryl methyl sites for hydroxylation is 1. The number of hydrogen-bond acceptors (Lipinski definition) is 1. The molecule has 1 N–H and O–H groups in total. The number of nitrogens with one attached hydrogen (secondary N) is 1. The summed E-state index contributed by atoms with van der Waals surface area (Å²) in [5, 5.41) is 2.99. The molecule has 0 bridgehead atoms. The van der Waals surface area contributed by atoms with E-state index in [4.69, 9.17) is 0 Å². The molecule has 1 fully saturated rings. The van der Waals surface area contributed by atoms with E-state index in [1.54, 1.807) is 0 Å². The molecule has 2 nitrogen and oxygen atoms in total. The van der Waals surface area contributed by atoms with E-state index in [-0.39, 0.29) is 5.91 Å². The topological polar surface area (TPSA) is 29.1 Å². The lowest BCUT2D eigenvalue weighted by atomic mass is 10.1. The van der Waals surface area contributed by atoms with Gasteiger partial charge in [-0.2, -0.15) is 0 Å². The Morgan fingerprint density at radius 2 is 2.00 bits per heavy atom. The normalized spacial score (nSPS) is 24.4. The van der Waals surface area contributed by atoms with Crippen LogP contribution in [-0.4, -0.2) is 15.9 Å². The summed E-state index contributed by atoms with van der Waals surface area (Å²) in [5.74, 6) is 0.0502. The lowest BCUT2D eigenvalue weighted by Gasteiger charge is -2.03. The van der Waals surface area contributed by atoms with Crippen molar-refractivity contribution in [3.63, 3.8) is 0 Å². The molecule has 1 saturated carbocycles. The highest BCUT2D eigenvalue weighted by atomic mass is 127. The third-order valence-electron chi connectivity index (χ3n) is 2.34. The quantitative estimate of drug-likeness (QED) is 0.659. The van der Waals surface area contributed by atoms with Crippen molar-refractivity contribution in [2.45, 2.75) is 23.3 Å². The van der Waals surface area contributed by atoms with Crippen LogP contribution in [0.5, 0.6) is 0 Å². The minimum Gasteiger partial charge on any atom is -0.348 e. The maximum Gasteiger partial charge on any atom is 0.251 e. The maximum absolute atomic E-state index is 11.6. The van der Waals surface area contributed by atoms with E-state index >= 15 is 0 Å². The Morgan fingerprint density at radius 3 is 2.50 bits per heavy atom. The van der Waals surface area contributed by atoms with Gasteiger partial charge < -0.3 is 5.32 Å². The first-order valence-electron chi connectivity index (χ1n) is 4.68. The van der Waals surface area contributed by atoms with Crippen molar-refractivity contribution >= 4 is 28.5 Å². The summed E-state index contributed by atoms with van der Waals surface area (Å²) in [6.07, 6.45) is 1.11. The molecule has 1 aliphatic carbocycles. The highest BCUT2D eigenvalue weighted by Gasteiger charge is 2.35. The molecule has 2 rings (SSSR count). The van der Waals surface area contributed by atoms with Crippen molar-refractivity contribution in [1.29, 1.82) is 0 Å². The van der Waals surface area contributed by atoms with E-state index < -0.39 is 0 Å². The summed E-state index contributed by atoms with van der Waals surface area (Å²) in [6, 6.07) is 8.06. The summed E-state index contributed by atoms with van der Waals surface area (Å²) in [4.78, 5) is 11.6.